The van der Waals surface area contributed by atoms with Gasteiger partial charge in [-0.25, -0.2) is 0 Å². The van der Waals surface area contributed by atoms with Gasteiger partial charge in [0.25, 0.3) is 0 Å². The van der Waals surface area contributed by atoms with Crippen LogP contribution in [0.2, 0.25) is 0 Å². The molecule has 1 N–H and O–H groups in total. The number of nitroso groups, excluding NO2 is 1. The maximum Gasteiger partial charge on any atom is 0.317 e. The van der Waals surface area contributed by atoms with Crippen molar-refractivity contribution in [2.75, 3.05) is 5.32 Å². The van der Waals surface area contributed by atoms with Gasteiger partial charge in [0, 0.05) is 5.69 Å². The Bertz CT molecular complexity index is 594. The molecule has 1 aromatic carbocycles. The van der Waals surface area contributed by atoms with Gasteiger partial charge < -0.3 is 5.32 Å². The second-order valence-electron chi connectivity index (χ2n) is 3.50. The van der Waals surface area contributed by atoms with Crippen molar-refractivity contribution in [2.45, 2.75) is 18.2 Å². The molecule has 0 aromatic heterocycles. The molecule has 0 bridgehead atoms. The van der Waals surface area contributed by atoms with Crippen molar-refractivity contribution >= 4 is 27.4 Å². The summed E-state index contributed by atoms with van der Waals surface area (Å²) in [6.45, 7) is 1.26. The lowest BCUT2D eigenvalue weighted by atomic mass is 10.2. The molecular weight excluding hydrogens is 260 g/mol. The highest BCUT2D eigenvalue weighted by atomic mass is 32.2. The number of rotatable bonds is 5. The fraction of sp³-hybridized carbons (Fsp3) is 0.200. The third-order valence-corrected chi connectivity index (χ3v) is 2.97. The van der Waals surface area contributed by atoms with Crippen molar-refractivity contribution < 1.29 is 18.0 Å². The van der Waals surface area contributed by atoms with E-state index in [0.29, 0.717) is 0 Å². The maximum absolute atomic E-state index is 11.3. The van der Waals surface area contributed by atoms with E-state index in [-0.39, 0.29) is 22.8 Å². The van der Waals surface area contributed by atoms with Gasteiger partial charge in [-0.1, -0.05) is 6.07 Å². The molecule has 1 aromatic rings. The van der Waals surface area contributed by atoms with Crippen molar-refractivity contribution in [3.63, 3.8) is 0 Å². The summed E-state index contributed by atoms with van der Waals surface area (Å²) in [5.74, 6) is -0.873. The van der Waals surface area contributed by atoms with E-state index in [1.54, 1.807) is 0 Å². The van der Waals surface area contributed by atoms with Gasteiger partial charge in [0.1, 0.15) is 5.78 Å². The number of ketones is 1. The zero-order chi connectivity index (χ0) is 13.8. The number of benzene rings is 1. The molecule has 1 amide bonds. The predicted octanol–water partition coefficient (Wildman–Crippen LogP) is 1.06. The van der Waals surface area contributed by atoms with Crippen molar-refractivity contribution in [2.24, 2.45) is 4.58 Å². The van der Waals surface area contributed by atoms with Gasteiger partial charge in [-0.15, -0.1) is 4.91 Å². The first-order chi connectivity index (χ1) is 8.35. The molecule has 0 aliphatic carbocycles. The summed E-state index contributed by atoms with van der Waals surface area (Å²) in [6, 6.07) is 5.05. The van der Waals surface area contributed by atoms with Gasteiger partial charge in [-0.3, -0.25) is 9.59 Å². The number of anilines is 1. The molecule has 0 saturated carbocycles. The summed E-state index contributed by atoms with van der Waals surface area (Å²) in [4.78, 5) is 31.8. The highest BCUT2D eigenvalue weighted by molar-refractivity contribution is 7.90. The largest absolute Gasteiger partial charge is 0.326 e. The number of nitrogens with one attached hydrogen (secondary N) is 1. The van der Waals surface area contributed by atoms with E-state index >= 15 is 0 Å². The Balaban J connectivity index is 2.93. The van der Waals surface area contributed by atoms with Crippen molar-refractivity contribution in [1.29, 1.82) is 0 Å². The van der Waals surface area contributed by atoms with E-state index < -0.39 is 15.9 Å². The SMILES string of the molecule is CC(=O)CC(=O)Nc1cccc(S(=O)(=O)N=O)c1. The second kappa shape index (κ2) is 5.50. The zero-order valence-corrected chi connectivity index (χ0v) is 10.2. The summed E-state index contributed by atoms with van der Waals surface area (Å²) in [6.07, 6.45) is -0.303. The molecule has 0 fully saturated rings. The Kier molecular flexibility index (Phi) is 4.27. The van der Waals surface area contributed by atoms with Crippen LogP contribution in [0.15, 0.2) is 33.7 Å². The number of nitrogens with zero attached hydrogens (tertiary/aromatic N) is 1. The summed E-state index contributed by atoms with van der Waals surface area (Å²) < 4.78 is 24.4. The third-order valence-electron chi connectivity index (χ3n) is 1.92. The molecule has 0 saturated heterocycles. The van der Waals surface area contributed by atoms with Gasteiger partial charge in [0.05, 0.1) is 15.9 Å². The molecule has 7 nitrogen and oxygen atoms in total. The van der Waals surface area contributed by atoms with Gasteiger partial charge in [0.15, 0.2) is 0 Å². The highest BCUT2D eigenvalue weighted by Crippen LogP contribution is 2.17. The topological polar surface area (TPSA) is 110 Å². The monoisotopic (exact) mass is 270 g/mol. The number of carbonyl (C=O) groups excluding carboxylic acids is 2. The van der Waals surface area contributed by atoms with E-state index in [1.807, 2.05) is 4.58 Å². The Labute approximate surface area is 103 Å². The van der Waals surface area contributed by atoms with Crippen molar-refractivity contribution in [1.82, 2.24) is 0 Å². The summed E-state index contributed by atoms with van der Waals surface area (Å²) in [7, 11) is -4.23. The Morgan fingerprint density at radius 2 is 2.00 bits per heavy atom. The predicted molar refractivity (Wildman–Crippen MR) is 63.4 cm³/mol. The molecule has 8 heteroatoms. The molecule has 0 unspecified atom stereocenters. The first kappa shape index (κ1) is 14.0. The molecule has 0 spiro atoms. The van der Waals surface area contributed by atoms with E-state index in [9.17, 15) is 22.9 Å². The van der Waals surface area contributed by atoms with Crippen LogP contribution in [0.25, 0.3) is 0 Å². The minimum absolute atomic E-state index is 0.172. The number of hydrogen-bond donors (Lipinski definition) is 1. The van der Waals surface area contributed by atoms with Crippen LogP contribution in [0.4, 0.5) is 5.69 Å². The second-order valence-corrected chi connectivity index (χ2v) is 5.08. The number of sulfonamides is 1. The normalized spacial score (nSPS) is 10.7. The smallest absolute Gasteiger partial charge is 0.317 e. The van der Waals surface area contributed by atoms with Crippen LogP contribution in [0.1, 0.15) is 13.3 Å². The van der Waals surface area contributed by atoms with Crippen LogP contribution >= 0.6 is 0 Å². The van der Waals surface area contributed by atoms with Gasteiger partial charge >= 0.3 is 10.0 Å². The molecule has 0 aliphatic heterocycles. The number of carbonyl (C=O) groups is 2. The van der Waals surface area contributed by atoms with Crippen LogP contribution in [-0.2, 0) is 19.6 Å². The standard InChI is InChI=1S/C10H10N2O5S/c1-7(13)5-10(14)11-8-3-2-4-9(6-8)18(16,17)12-15/h2-4,6H,5H2,1H3,(H,11,14). The Morgan fingerprint density at radius 3 is 2.56 bits per heavy atom. The van der Waals surface area contributed by atoms with E-state index in [1.165, 1.54) is 25.1 Å². The summed E-state index contributed by atoms with van der Waals surface area (Å²) >= 11 is 0. The molecule has 1 rings (SSSR count). The highest BCUT2D eigenvalue weighted by Gasteiger charge is 2.15. The average Bonchev–Trinajstić information content (AvgIpc) is 2.28. The lowest BCUT2D eigenvalue weighted by Crippen LogP contribution is -2.14. The summed E-state index contributed by atoms with van der Waals surface area (Å²) in [5, 5.41) is 2.34. The average molecular weight is 270 g/mol. The molecule has 0 heterocycles. The Hall–Kier alpha value is -2.09. The molecule has 0 atom stereocenters. The quantitative estimate of drug-likeness (QED) is 0.635. The van der Waals surface area contributed by atoms with E-state index in [0.717, 1.165) is 6.07 Å². The fourth-order valence-corrected chi connectivity index (χ4v) is 1.82. The van der Waals surface area contributed by atoms with Gasteiger partial charge in [0.2, 0.25) is 5.91 Å². The van der Waals surface area contributed by atoms with Crippen molar-refractivity contribution in [3.8, 4) is 0 Å². The fourth-order valence-electron chi connectivity index (χ4n) is 1.21. The molecule has 0 aliphatic rings. The minimum Gasteiger partial charge on any atom is -0.326 e. The minimum atomic E-state index is -4.23. The van der Waals surface area contributed by atoms with Crippen LogP contribution < -0.4 is 5.32 Å². The molecular formula is C10H10N2O5S. The maximum atomic E-state index is 11.3. The number of Topliss-reactive ketones (excluding diaryl/α,β-unsaturated/α-hetero) is 1. The van der Waals surface area contributed by atoms with Crippen LogP contribution in [0.5, 0.6) is 0 Å². The first-order valence-corrected chi connectivity index (χ1v) is 6.28. The van der Waals surface area contributed by atoms with E-state index in [4.69, 9.17) is 0 Å². The van der Waals surface area contributed by atoms with Gasteiger partial charge in [-0.05, 0) is 25.1 Å². The molecule has 18 heavy (non-hydrogen) atoms. The molecule has 96 valence electrons. The number of amides is 1. The summed E-state index contributed by atoms with van der Waals surface area (Å²) in [5.41, 5.74) is 0.172. The van der Waals surface area contributed by atoms with Gasteiger partial charge in [-0.2, -0.15) is 8.42 Å². The first-order valence-electron chi connectivity index (χ1n) is 4.84. The lowest BCUT2D eigenvalue weighted by Gasteiger charge is -2.04. The number of hydrogen-bond acceptors (Lipinski definition) is 5. The molecule has 0 radical (unpaired) electrons. The van der Waals surface area contributed by atoms with Crippen LogP contribution in [-0.4, -0.2) is 20.1 Å². The lowest BCUT2D eigenvalue weighted by molar-refractivity contribution is -0.124. The Morgan fingerprint density at radius 1 is 1.33 bits per heavy atom. The van der Waals surface area contributed by atoms with Crippen LogP contribution in [0, 0.1) is 4.91 Å². The van der Waals surface area contributed by atoms with Crippen LogP contribution in [0.3, 0.4) is 0 Å². The third kappa shape index (κ3) is 3.74. The van der Waals surface area contributed by atoms with E-state index in [2.05, 4.69) is 5.32 Å². The van der Waals surface area contributed by atoms with Crippen molar-refractivity contribution in [3.05, 3.63) is 29.2 Å². The zero-order valence-electron chi connectivity index (χ0n) is 9.41.